The molecule has 4 N–H and O–H groups in total. The molecule has 0 aliphatic rings. The molecule has 1 amide bonds. The van der Waals surface area contributed by atoms with Crippen molar-refractivity contribution in [2.75, 3.05) is 11.1 Å². The Morgan fingerprint density at radius 3 is 2.95 bits per heavy atom. The minimum Gasteiger partial charge on any atom is -0.369 e. The Morgan fingerprint density at radius 2 is 2.19 bits per heavy atom. The number of rotatable bonds is 2. The number of amides is 1. The van der Waals surface area contributed by atoms with Gasteiger partial charge in [-0.1, -0.05) is 11.6 Å². The van der Waals surface area contributed by atoms with Crippen LogP contribution in [0.5, 0.6) is 0 Å². The Labute approximate surface area is 123 Å². The van der Waals surface area contributed by atoms with Crippen LogP contribution in [0, 0.1) is 5.82 Å². The van der Waals surface area contributed by atoms with Crippen molar-refractivity contribution in [3.63, 3.8) is 0 Å². The van der Waals surface area contributed by atoms with Crippen LogP contribution in [0.3, 0.4) is 0 Å². The lowest BCUT2D eigenvalue weighted by Crippen LogP contribution is -2.12. The zero-order valence-electron chi connectivity index (χ0n) is 10.5. The number of nitrogen functional groups attached to an aromatic ring is 1. The molecule has 0 bridgehead atoms. The summed E-state index contributed by atoms with van der Waals surface area (Å²) in [5.41, 5.74) is 7.03. The molecule has 0 saturated carbocycles. The summed E-state index contributed by atoms with van der Waals surface area (Å²) >= 11 is 5.67. The summed E-state index contributed by atoms with van der Waals surface area (Å²) in [5, 5.41) is 2.55. The van der Waals surface area contributed by atoms with Crippen molar-refractivity contribution in [2.24, 2.45) is 0 Å². The molecular formula is C13H9ClFN5O. The number of hydrogen-bond acceptors (Lipinski definition) is 4. The summed E-state index contributed by atoms with van der Waals surface area (Å²) in [6.07, 6.45) is 1.45. The topological polar surface area (TPSA) is 96.7 Å². The number of aromatic amines is 1. The van der Waals surface area contributed by atoms with E-state index in [9.17, 15) is 9.18 Å². The van der Waals surface area contributed by atoms with Gasteiger partial charge in [-0.05, 0) is 24.3 Å². The van der Waals surface area contributed by atoms with Gasteiger partial charge in [-0.2, -0.15) is 4.98 Å². The molecule has 2 heterocycles. The molecule has 2 aromatic heterocycles. The maximum absolute atomic E-state index is 13.1. The van der Waals surface area contributed by atoms with Crippen molar-refractivity contribution in [2.45, 2.75) is 0 Å². The average Bonchev–Trinajstić information content (AvgIpc) is 2.82. The first kappa shape index (κ1) is 13.3. The number of fused-ring (bicyclic) bond motifs is 1. The van der Waals surface area contributed by atoms with E-state index < -0.39 is 11.7 Å². The predicted octanol–water partition coefficient (Wildman–Crippen LogP) is 2.58. The lowest BCUT2D eigenvalue weighted by Gasteiger charge is -2.06. The molecule has 0 aliphatic heterocycles. The van der Waals surface area contributed by atoms with Crippen molar-refractivity contribution < 1.29 is 9.18 Å². The Bertz CT molecular complexity index is 848. The van der Waals surface area contributed by atoms with Gasteiger partial charge in [-0.3, -0.25) is 4.79 Å². The lowest BCUT2D eigenvalue weighted by molar-refractivity contribution is 0.102. The number of anilines is 2. The number of hydrogen-bond donors (Lipinski definition) is 3. The third-order valence-electron chi connectivity index (χ3n) is 2.83. The smallest absolute Gasteiger partial charge is 0.257 e. The van der Waals surface area contributed by atoms with Crippen molar-refractivity contribution in [1.29, 1.82) is 0 Å². The molecule has 6 nitrogen and oxygen atoms in total. The molecule has 0 spiro atoms. The fourth-order valence-electron chi connectivity index (χ4n) is 1.89. The lowest BCUT2D eigenvalue weighted by atomic mass is 10.2. The van der Waals surface area contributed by atoms with Crippen LogP contribution in [0.25, 0.3) is 11.2 Å². The fourth-order valence-corrected chi connectivity index (χ4v) is 2.07. The van der Waals surface area contributed by atoms with Crippen LogP contribution in [-0.4, -0.2) is 20.9 Å². The van der Waals surface area contributed by atoms with Crippen LogP contribution in [0.2, 0.25) is 5.02 Å². The number of nitrogens with two attached hydrogens (primary N) is 1. The van der Waals surface area contributed by atoms with E-state index in [0.717, 1.165) is 0 Å². The van der Waals surface area contributed by atoms with Crippen molar-refractivity contribution in [3.05, 3.63) is 46.9 Å². The summed E-state index contributed by atoms with van der Waals surface area (Å²) in [6.45, 7) is 0. The van der Waals surface area contributed by atoms with E-state index in [2.05, 4.69) is 20.3 Å². The monoisotopic (exact) mass is 305 g/mol. The Kier molecular flexibility index (Phi) is 3.19. The Balaban J connectivity index is 1.95. The number of imidazole rings is 1. The quantitative estimate of drug-likeness (QED) is 0.678. The number of aromatic nitrogens is 3. The molecule has 0 unspecified atom stereocenters. The highest BCUT2D eigenvalue weighted by molar-refractivity contribution is 6.31. The number of pyridine rings is 1. The van der Waals surface area contributed by atoms with Gasteiger partial charge in [0.25, 0.3) is 5.91 Å². The summed E-state index contributed by atoms with van der Waals surface area (Å²) in [6, 6.07) is 5.45. The largest absolute Gasteiger partial charge is 0.369 e. The summed E-state index contributed by atoms with van der Waals surface area (Å²) < 4.78 is 13.1. The molecule has 0 saturated heterocycles. The SMILES string of the molecule is Nc1nc2nccc(C(=O)Nc3ccc(F)c(Cl)c3)c2[nH]1. The van der Waals surface area contributed by atoms with Gasteiger partial charge >= 0.3 is 0 Å². The Morgan fingerprint density at radius 1 is 1.38 bits per heavy atom. The van der Waals surface area contributed by atoms with E-state index in [4.69, 9.17) is 17.3 Å². The number of nitrogens with one attached hydrogen (secondary N) is 2. The van der Waals surface area contributed by atoms with E-state index in [-0.39, 0.29) is 11.0 Å². The molecule has 106 valence electrons. The minimum atomic E-state index is -0.553. The highest BCUT2D eigenvalue weighted by atomic mass is 35.5. The van der Waals surface area contributed by atoms with Gasteiger partial charge in [0.1, 0.15) is 5.82 Å². The van der Waals surface area contributed by atoms with Crippen LogP contribution in [0.4, 0.5) is 16.0 Å². The van der Waals surface area contributed by atoms with Crippen LogP contribution in [-0.2, 0) is 0 Å². The van der Waals surface area contributed by atoms with Crippen LogP contribution in [0.15, 0.2) is 30.5 Å². The normalized spacial score (nSPS) is 10.8. The van der Waals surface area contributed by atoms with Crippen molar-refractivity contribution in [1.82, 2.24) is 15.0 Å². The predicted molar refractivity (Wildman–Crippen MR) is 77.7 cm³/mol. The highest BCUT2D eigenvalue weighted by Crippen LogP contribution is 2.21. The number of halogens is 2. The van der Waals surface area contributed by atoms with Crippen LogP contribution < -0.4 is 11.1 Å². The number of carbonyl (C=O) groups excluding carboxylic acids is 1. The van der Waals surface area contributed by atoms with E-state index in [1.165, 1.54) is 30.5 Å². The maximum Gasteiger partial charge on any atom is 0.257 e. The zero-order valence-corrected chi connectivity index (χ0v) is 11.3. The van der Waals surface area contributed by atoms with Gasteiger partial charge in [0.15, 0.2) is 11.6 Å². The number of carbonyl (C=O) groups is 1. The van der Waals surface area contributed by atoms with Crippen molar-refractivity contribution >= 4 is 40.3 Å². The van der Waals surface area contributed by atoms with E-state index in [1.54, 1.807) is 0 Å². The number of benzene rings is 1. The van der Waals surface area contributed by atoms with E-state index in [1.807, 2.05) is 0 Å². The van der Waals surface area contributed by atoms with Gasteiger partial charge in [0.2, 0.25) is 0 Å². The summed E-state index contributed by atoms with van der Waals surface area (Å²) in [4.78, 5) is 23.0. The molecule has 8 heteroatoms. The molecular weight excluding hydrogens is 297 g/mol. The molecule has 1 aromatic carbocycles. The van der Waals surface area contributed by atoms with Crippen molar-refractivity contribution in [3.8, 4) is 0 Å². The van der Waals surface area contributed by atoms with Crippen LogP contribution in [0.1, 0.15) is 10.4 Å². The second-order valence-corrected chi connectivity index (χ2v) is 4.67. The first-order valence-corrected chi connectivity index (χ1v) is 6.29. The summed E-state index contributed by atoms with van der Waals surface area (Å²) in [7, 11) is 0. The second-order valence-electron chi connectivity index (χ2n) is 4.26. The van der Waals surface area contributed by atoms with E-state index in [0.29, 0.717) is 22.4 Å². The summed E-state index contributed by atoms with van der Waals surface area (Å²) in [5.74, 6) is -0.793. The molecule has 0 fully saturated rings. The minimum absolute atomic E-state index is 0.0709. The van der Waals surface area contributed by atoms with Gasteiger partial charge in [0.05, 0.1) is 16.1 Å². The molecule has 0 atom stereocenters. The first-order chi connectivity index (χ1) is 10.0. The van der Waals surface area contributed by atoms with Gasteiger partial charge < -0.3 is 16.0 Å². The molecule has 0 aliphatic carbocycles. The first-order valence-electron chi connectivity index (χ1n) is 5.91. The second kappa shape index (κ2) is 5.02. The number of H-pyrrole nitrogens is 1. The average molecular weight is 306 g/mol. The molecule has 21 heavy (non-hydrogen) atoms. The van der Waals surface area contributed by atoms with Crippen LogP contribution >= 0.6 is 11.6 Å². The maximum atomic E-state index is 13.1. The third-order valence-corrected chi connectivity index (χ3v) is 3.12. The van der Waals surface area contributed by atoms with E-state index >= 15 is 0 Å². The molecule has 3 aromatic rings. The molecule has 0 radical (unpaired) electrons. The third kappa shape index (κ3) is 2.50. The van der Waals surface area contributed by atoms with Gasteiger partial charge in [-0.15, -0.1) is 0 Å². The zero-order chi connectivity index (χ0) is 15.0. The Hall–Kier alpha value is -2.67. The fraction of sp³-hybridized carbons (Fsp3) is 0. The molecule has 3 rings (SSSR count). The number of nitrogens with zero attached hydrogens (tertiary/aromatic N) is 2. The van der Waals surface area contributed by atoms with Gasteiger partial charge in [-0.25, -0.2) is 9.37 Å². The standard InChI is InChI=1S/C13H9ClFN5O/c14-8-5-6(1-2-9(8)15)18-12(21)7-3-4-17-11-10(7)19-13(16)20-11/h1-5H,(H,18,21)(H3,16,17,19,20). The van der Waals surface area contributed by atoms with Gasteiger partial charge in [0, 0.05) is 11.9 Å². The highest BCUT2D eigenvalue weighted by Gasteiger charge is 2.14.